The Morgan fingerprint density at radius 1 is 0.750 bits per heavy atom. The predicted molar refractivity (Wildman–Crippen MR) is 126 cm³/mol. The molecule has 4 N–H and O–H groups in total. The van der Waals surface area contributed by atoms with Crippen molar-refractivity contribution in [2.75, 3.05) is 5.32 Å². The van der Waals surface area contributed by atoms with E-state index in [4.69, 9.17) is 0 Å². The van der Waals surface area contributed by atoms with E-state index in [9.17, 15) is 19.8 Å². The highest BCUT2D eigenvalue weighted by Gasteiger charge is 2.06. The largest absolute Gasteiger partial charge is 0.507 e. The van der Waals surface area contributed by atoms with Gasteiger partial charge in [-0.15, -0.1) is 0 Å². The lowest BCUT2D eigenvalue weighted by molar-refractivity contribution is -0.121. The standard InChI is InChI=1S/C25H27N3O4/c29-22-16-15-18(19-9-5-6-10-20(19)22)17-26-28-25(32)14-4-2-1-3-13-24(31)27-21-11-7-8-12-23(21)30/h5-12,15-17,29-30H,1-4,13-14H2,(H,27,31)(H,28,32)/b26-17+. The molecule has 0 radical (unpaired) electrons. The molecule has 0 fully saturated rings. The van der Waals surface area contributed by atoms with E-state index >= 15 is 0 Å². The number of unbranched alkanes of at least 4 members (excludes halogenated alkanes) is 3. The van der Waals surface area contributed by atoms with Crippen molar-refractivity contribution in [3.05, 3.63) is 66.2 Å². The lowest BCUT2D eigenvalue weighted by atomic mass is 10.0. The molecule has 0 heterocycles. The number of anilines is 1. The number of para-hydroxylation sites is 2. The highest BCUT2D eigenvalue weighted by Crippen LogP contribution is 2.26. The molecule has 7 nitrogen and oxygen atoms in total. The second kappa shape index (κ2) is 11.5. The first-order valence-electron chi connectivity index (χ1n) is 10.6. The third-order valence-electron chi connectivity index (χ3n) is 5.06. The summed E-state index contributed by atoms with van der Waals surface area (Å²) in [5.74, 6) is -0.0486. The number of phenolic OH excluding ortho intramolecular Hbond substituents is 2. The number of hydrazone groups is 1. The summed E-state index contributed by atoms with van der Waals surface area (Å²) in [4.78, 5) is 23.9. The molecular formula is C25H27N3O4. The van der Waals surface area contributed by atoms with Gasteiger partial charge in [-0.3, -0.25) is 9.59 Å². The topological polar surface area (TPSA) is 111 Å². The van der Waals surface area contributed by atoms with Crippen LogP contribution in [0.25, 0.3) is 10.8 Å². The molecule has 3 aromatic rings. The number of aromatic hydroxyl groups is 2. The third kappa shape index (κ3) is 6.57. The van der Waals surface area contributed by atoms with Crippen LogP contribution in [0.4, 0.5) is 5.69 Å². The van der Waals surface area contributed by atoms with Crippen LogP contribution in [0.15, 0.2) is 65.8 Å². The summed E-state index contributed by atoms with van der Waals surface area (Å²) < 4.78 is 0. The van der Waals surface area contributed by atoms with Gasteiger partial charge in [0.15, 0.2) is 0 Å². The van der Waals surface area contributed by atoms with Crippen LogP contribution in [0.5, 0.6) is 11.5 Å². The molecule has 0 atom stereocenters. The fraction of sp³-hybridized carbons (Fsp3) is 0.240. The van der Waals surface area contributed by atoms with Crippen molar-refractivity contribution in [1.29, 1.82) is 0 Å². The maximum atomic E-state index is 12.0. The van der Waals surface area contributed by atoms with Crippen LogP contribution < -0.4 is 10.7 Å². The summed E-state index contributed by atoms with van der Waals surface area (Å²) in [6.07, 6.45) is 5.40. The van der Waals surface area contributed by atoms with Crippen LogP contribution in [0.2, 0.25) is 0 Å². The molecule has 3 aromatic carbocycles. The van der Waals surface area contributed by atoms with E-state index in [1.54, 1.807) is 36.5 Å². The second-order valence-corrected chi connectivity index (χ2v) is 7.49. The molecule has 0 bridgehead atoms. The number of benzene rings is 3. The van der Waals surface area contributed by atoms with E-state index in [0.29, 0.717) is 31.4 Å². The Balaban J connectivity index is 1.32. The number of carbonyl (C=O) groups is 2. The molecule has 0 unspecified atom stereocenters. The Bertz CT molecular complexity index is 1110. The van der Waals surface area contributed by atoms with Gasteiger partial charge in [-0.2, -0.15) is 5.10 Å². The first kappa shape index (κ1) is 22.8. The van der Waals surface area contributed by atoms with Crippen molar-refractivity contribution in [3.63, 3.8) is 0 Å². The molecule has 7 heteroatoms. The summed E-state index contributed by atoms with van der Waals surface area (Å²) in [6.45, 7) is 0. The lowest BCUT2D eigenvalue weighted by Gasteiger charge is -2.07. The molecule has 0 saturated heterocycles. The minimum absolute atomic E-state index is 0.0492. The molecule has 3 rings (SSSR count). The Morgan fingerprint density at radius 3 is 2.16 bits per heavy atom. The fourth-order valence-electron chi connectivity index (χ4n) is 3.37. The van der Waals surface area contributed by atoms with Crippen LogP contribution in [0, 0.1) is 0 Å². The highest BCUT2D eigenvalue weighted by molar-refractivity contribution is 6.02. The van der Waals surface area contributed by atoms with Gasteiger partial charge in [-0.1, -0.05) is 49.2 Å². The molecule has 0 aromatic heterocycles. The minimum Gasteiger partial charge on any atom is -0.507 e. The van der Waals surface area contributed by atoms with Gasteiger partial charge >= 0.3 is 0 Å². The number of amides is 2. The third-order valence-corrected chi connectivity index (χ3v) is 5.06. The predicted octanol–water partition coefficient (Wildman–Crippen LogP) is 4.68. The lowest BCUT2D eigenvalue weighted by Crippen LogP contribution is -2.17. The average molecular weight is 434 g/mol. The highest BCUT2D eigenvalue weighted by atomic mass is 16.3. The van der Waals surface area contributed by atoms with E-state index < -0.39 is 0 Å². The average Bonchev–Trinajstić information content (AvgIpc) is 2.79. The number of hydrogen-bond acceptors (Lipinski definition) is 5. The molecule has 2 amide bonds. The summed E-state index contributed by atoms with van der Waals surface area (Å²) in [7, 11) is 0. The quantitative estimate of drug-likeness (QED) is 0.161. The van der Waals surface area contributed by atoms with Gasteiger partial charge in [0.25, 0.3) is 0 Å². The number of fused-ring (bicyclic) bond motifs is 1. The molecule has 166 valence electrons. The van der Waals surface area contributed by atoms with E-state index in [1.165, 1.54) is 6.07 Å². The summed E-state index contributed by atoms with van der Waals surface area (Å²) in [6, 6.07) is 17.4. The van der Waals surface area contributed by atoms with E-state index in [-0.39, 0.29) is 23.3 Å². The van der Waals surface area contributed by atoms with Crippen molar-refractivity contribution in [3.8, 4) is 11.5 Å². The SMILES string of the molecule is O=C(CCCCCCC(=O)Nc1ccccc1O)N/N=C/c1ccc(O)c2ccccc12. The van der Waals surface area contributed by atoms with E-state index in [1.807, 2.05) is 24.3 Å². The molecule has 0 spiro atoms. The summed E-state index contributed by atoms with van der Waals surface area (Å²) >= 11 is 0. The monoisotopic (exact) mass is 433 g/mol. The number of hydrogen-bond donors (Lipinski definition) is 4. The maximum absolute atomic E-state index is 12.0. The van der Waals surface area contributed by atoms with Gasteiger partial charge < -0.3 is 15.5 Å². The first-order valence-corrected chi connectivity index (χ1v) is 10.6. The van der Waals surface area contributed by atoms with E-state index in [0.717, 1.165) is 29.2 Å². The van der Waals surface area contributed by atoms with Crippen LogP contribution >= 0.6 is 0 Å². The van der Waals surface area contributed by atoms with Gasteiger partial charge in [0.05, 0.1) is 11.9 Å². The zero-order valence-corrected chi connectivity index (χ0v) is 17.8. The number of rotatable bonds is 10. The molecule has 32 heavy (non-hydrogen) atoms. The molecule has 0 aliphatic carbocycles. The maximum Gasteiger partial charge on any atom is 0.240 e. The van der Waals surface area contributed by atoms with E-state index in [2.05, 4.69) is 15.8 Å². The Labute approximate surface area is 186 Å². The zero-order valence-electron chi connectivity index (χ0n) is 17.8. The zero-order chi connectivity index (χ0) is 22.8. The van der Waals surface area contributed by atoms with Crippen molar-refractivity contribution < 1.29 is 19.8 Å². The van der Waals surface area contributed by atoms with Gasteiger partial charge in [0.2, 0.25) is 11.8 Å². The van der Waals surface area contributed by atoms with Crippen LogP contribution in [-0.4, -0.2) is 28.2 Å². The van der Waals surface area contributed by atoms with Gasteiger partial charge in [-0.05, 0) is 42.5 Å². The molecule has 0 aliphatic heterocycles. The number of phenols is 2. The Kier molecular flexibility index (Phi) is 8.20. The van der Waals surface area contributed by atoms with Crippen molar-refractivity contribution in [2.45, 2.75) is 38.5 Å². The second-order valence-electron chi connectivity index (χ2n) is 7.49. The van der Waals surface area contributed by atoms with Crippen LogP contribution in [0.1, 0.15) is 44.1 Å². The normalized spacial score (nSPS) is 11.0. The van der Waals surface area contributed by atoms with Gasteiger partial charge in [-0.25, -0.2) is 5.43 Å². The summed E-state index contributed by atoms with van der Waals surface area (Å²) in [5, 5.41) is 27.9. The van der Waals surface area contributed by atoms with Crippen LogP contribution in [0.3, 0.4) is 0 Å². The Hall–Kier alpha value is -3.87. The molecule has 0 saturated carbocycles. The van der Waals surface area contributed by atoms with Crippen molar-refractivity contribution in [1.82, 2.24) is 5.43 Å². The van der Waals surface area contributed by atoms with Gasteiger partial charge in [0, 0.05) is 23.8 Å². The first-order chi connectivity index (χ1) is 15.5. The fourth-order valence-corrected chi connectivity index (χ4v) is 3.37. The smallest absolute Gasteiger partial charge is 0.240 e. The summed E-state index contributed by atoms with van der Waals surface area (Å²) in [5.41, 5.74) is 3.75. The number of carbonyl (C=O) groups excluding carboxylic acids is 2. The molecular weight excluding hydrogens is 406 g/mol. The number of nitrogens with zero attached hydrogens (tertiary/aromatic N) is 1. The van der Waals surface area contributed by atoms with Gasteiger partial charge in [0.1, 0.15) is 11.5 Å². The van der Waals surface area contributed by atoms with Crippen LogP contribution in [-0.2, 0) is 9.59 Å². The van der Waals surface area contributed by atoms with Crippen molar-refractivity contribution in [2.24, 2.45) is 5.10 Å². The molecule has 0 aliphatic rings. The Morgan fingerprint density at radius 2 is 1.41 bits per heavy atom. The minimum atomic E-state index is -0.165. The van der Waals surface area contributed by atoms with Crippen molar-refractivity contribution >= 4 is 34.5 Å². The number of nitrogens with one attached hydrogen (secondary N) is 2.